The van der Waals surface area contributed by atoms with Gasteiger partial charge in [-0.15, -0.1) is 0 Å². The van der Waals surface area contributed by atoms with E-state index < -0.39 is 11.4 Å². The fraction of sp³-hybridized carbons (Fsp3) is 0.100. The molecule has 0 aliphatic carbocycles. The molecule has 0 radical (unpaired) electrons. The number of halogens is 1. The first-order chi connectivity index (χ1) is 12.5. The van der Waals surface area contributed by atoms with Gasteiger partial charge < -0.3 is 14.3 Å². The van der Waals surface area contributed by atoms with Crippen LogP contribution in [0.2, 0.25) is 5.02 Å². The van der Waals surface area contributed by atoms with Gasteiger partial charge in [0.05, 0.1) is 11.6 Å². The Morgan fingerprint density at radius 2 is 2.04 bits per heavy atom. The van der Waals surface area contributed by atoms with Crippen LogP contribution in [0.5, 0.6) is 11.5 Å². The topological polar surface area (TPSA) is 76.7 Å². The summed E-state index contributed by atoms with van der Waals surface area (Å²) < 4.78 is 10.5. The molecule has 3 aromatic rings. The van der Waals surface area contributed by atoms with Crippen LogP contribution in [0.4, 0.5) is 0 Å². The fourth-order valence-electron chi connectivity index (χ4n) is 2.45. The van der Waals surface area contributed by atoms with Crippen LogP contribution in [-0.4, -0.2) is 17.5 Å². The summed E-state index contributed by atoms with van der Waals surface area (Å²) >= 11 is 5.96. The van der Waals surface area contributed by atoms with Crippen molar-refractivity contribution in [2.75, 3.05) is 6.61 Å². The van der Waals surface area contributed by atoms with Crippen LogP contribution in [-0.2, 0) is 0 Å². The van der Waals surface area contributed by atoms with E-state index in [0.29, 0.717) is 23.1 Å². The van der Waals surface area contributed by atoms with Gasteiger partial charge in [-0.25, -0.2) is 4.79 Å². The Kier molecular flexibility index (Phi) is 5.09. The molecule has 0 atom stereocenters. The van der Waals surface area contributed by atoms with Gasteiger partial charge in [0.1, 0.15) is 11.1 Å². The Labute approximate surface area is 154 Å². The number of ketones is 1. The van der Waals surface area contributed by atoms with Crippen LogP contribution < -0.4 is 10.4 Å². The standard InChI is InChI=1S/C20H15ClO5/c1-2-25-18-10-12(9-15(21)19(18)23)7-8-16(22)14-11-13-5-3-4-6-17(13)26-20(14)24/h3-11,23H,2H2,1H3/b8-7+. The van der Waals surface area contributed by atoms with Crippen molar-refractivity contribution < 1.29 is 19.1 Å². The fourth-order valence-corrected chi connectivity index (χ4v) is 2.67. The summed E-state index contributed by atoms with van der Waals surface area (Å²) in [5, 5.41) is 10.6. The zero-order valence-electron chi connectivity index (χ0n) is 13.9. The van der Waals surface area contributed by atoms with Crippen molar-refractivity contribution >= 4 is 34.4 Å². The van der Waals surface area contributed by atoms with Crippen molar-refractivity contribution in [3.8, 4) is 11.5 Å². The highest BCUT2D eigenvalue weighted by Gasteiger charge is 2.12. The number of para-hydroxylation sites is 1. The third-order valence-corrected chi connectivity index (χ3v) is 3.97. The molecule has 0 unspecified atom stereocenters. The summed E-state index contributed by atoms with van der Waals surface area (Å²) in [7, 11) is 0. The largest absolute Gasteiger partial charge is 0.503 e. The van der Waals surface area contributed by atoms with Crippen molar-refractivity contribution in [2.45, 2.75) is 6.92 Å². The first-order valence-electron chi connectivity index (χ1n) is 7.90. The molecule has 26 heavy (non-hydrogen) atoms. The number of hydrogen-bond donors (Lipinski definition) is 1. The molecular formula is C20H15ClO5. The summed E-state index contributed by atoms with van der Waals surface area (Å²) in [5.74, 6) is -0.434. The molecular weight excluding hydrogens is 356 g/mol. The van der Waals surface area contributed by atoms with Gasteiger partial charge in [0, 0.05) is 5.39 Å². The van der Waals surface area contributed by atoms with E-state index in [2.05, 4.69) is 0 Å². The average Bonchev–Trinajstić information content (AvgIpc) is 2.63. The van der Waals surface area contributed by atoms with E-state index in [4.69, 9.17) is 20.8 Å². The Hall–Kier alpha value is -3.05. The molecule has 2 aromatic carbocycles. The minimum atomic E-state index is -0.697. The minimum absolute atomic E-state index is 0.0603. The van der Waals surface area contributed by atoms with Gasteiger partial charge in [-0.2, -0.15) is 0 Å². The van der Waals surface area contributed by atoms with Gasteiger partial charge in [0.2, 0.25) is 0 Å². The summed E-state index contributed by atoms with van der Waals surface area (Å²) in [6, 6.07) is 11.5. The van der Waals surface area contributed by atoms with Crippen LogP contribution >= 0.6 is 11.6 Å². The summed E-state index contributed by atoms with van der Waals surface area (Å²) in [5.41, 5.74) is 0.214. The van der Waals surface area contributed by atoms with E-state index in [1.807, 2.05) is 0 Å². The van der Waals surface area contributed by atoms with Crippen molar-refractivity contribution in [3.05, 3.63) is 75.1 Å². The van der Waals surface area contributed by atoms with Crippen molar-refractivity contribution in [1.29, 1.82) is 0 Å². The van der Waals surface area contributed by atoms with E-state index in [-0.39, 0.29) is 22.1 Å². The summed E-state index contributed by atoms with van der Waals surface area (Å²) in [6.07, 6.45) is 2.74. The third-order valence-electron chi connectivity index (χ3n) is 3.68. The van der Waals surface area contributed by atoms with Crippen molar-refractivity contribution in [1.82, 2.24) is 0 Å². The molecule has 1 heterocycles. The van der Waals surface area contributed by atoms with Gasteiger partial charge in [-0.1, -0.05) is 35.9 Å². The summed E-state index contributed by atoms with van der Waals surface area (Å²) in [4.78, 5) is 24.4. The molecule has 132 valence electrons. The van der Waals surface area contributed by atoms with Gasteiger partial charge in [-0.05, 0) is 42.8 Å². The molecule has 3 rings (SSSR count). The number of fused-ring (bicyclic) bond motifs is 1. The maximum absolute atomic E-state index is 12.4. The molecule has 0 aliphatic rings. The smallest absolute Gasteiger partial charge is 0.347 e. The number of allylic oxidation sites excluding steroid dienone is 1. The van der Waals surface area contributed by atoms with Crippen molar-refractivity contribution in [3.63, 3.8) is 0 Å². The molecule has 0 amide bonds. The number of ether oxygens (including phenoxy) is 1. The zero-order valence-corrected chi connectivity index (χ0v) is 14.6. The van der Waals surface area contributed by atoms with Crippen LogP contribution in [0.1, 0.15) is 22.8 Å². The molecule has 1 aromatic heterocycles. The SMILES string of the molecule is CCOc1cc(/C=C/C(=O)c2cc3ccccc3oc2=O)cc(Cl)c1O. The average molecular weight is 371 g/mol. The lowest BCUT2D eigenvalue weighted by atomic mass is 10.1. The monoisotopic (exact) mass is 370 g/mol. The maximum Gasteiger partial charge on any atom is 0.347 e. The molecule has 0 spiro atoms. The molecule has 0 aliphatic heterocycles. The minimum Gasteiger partial charge on any atom is -0.503 e. The number of aromatic hydroxyl groups is 1. The lowest BCUT2D eigenvalue weighted by Gasteiger charge is -2.08. The van der Waals surface area contributed by atoms with Gasteiger partial charge in [-0.3, -0.25) is 4.79 Å². The van der Waals surface area contributed by atoms with Gasteiger partial charge in [0.15, 0.2) is 17.3 Å². The van der Waals surface area contributed by atoms with E-state index in [9.17, 15) is 14.7 Å². The van der Waals surface area contributed by atoms with E-state index >= 15 is 0 Å². The molecule has 0 saturated heterocycles. The Morgan fingerprint density at radius 3 is 2.81 bits per heavy atom. The first-order valence-corrected chi connectivity index (χ1v) is 8.28. The number of benzene rings is 2. The Balaban J connectivity index is 1.93. The number of rotatable bonds is 5. The number of hydrogen-bond acceptors (Lipinski definition) is 5. The quantitative estimate of drug-likeness (QED) is 0.408. The number of phenolic OH excluding ortho intramolecular Hbond substituents is 1. The molecule has 6 heteroatoms. The predicted octanol–water partition coefficient (Wildman–Crippen LogP) is 4.45. The Morgan fingerprint density at radius 1 is 1.27 bits per heavy atom. The highest BCUT2D eigenvalue weighted by molar-refractivity contribution is 6.32. The highest BCUT2D eigenvalue weighted by atomic mass is 35.5. The second-order valence-corrected chi connectivity index (χ2v) is 5.87. The zero-order chi connectivity index (χ0) is 18.7. The van der Waals surface area contributed by atoms with E-state index in [0.717, 1.165) is 0 Å². The second-order valence-electron chi connectivity index (χ2n) is 5.47. The lowest BCUT2D eigenvalue weighted by molar-refractivity contribution is 0.104. The second kappa shape index (κ2) is 7.45. The van der Waals surface area contributed by atoms with Crippen LogP contribution in [0.25, 0.3) is 17.0 Å². The number of phenols is 1. The maximum atomic E-state index is 12.4. The molecule has 0 fully saturated rings. The van der Waals surface area contributed by atoms with E-state index in [1.54, 1.807) is 37.3 Å². The lowest BCUT2D eigenvalue weighted by Crippen LogP contribution is -2.11. The van der Waals surface area contributed by atoms with Crippen molar-refractivity contribution in [2.24, 2.45) is 0 Å². The highest BCUT2D eigenvalue weighted by Crippen LogP contribution is 2.35. The van der Waals surface area contributed by atoms with Crippen LogP contribution in [0, 0.1) is 0 Å². The number of carbonyl (C=O) groups is 1. The first kappa shape index (κ1) is 17.8. The van der Waals surface area contributed by atoms with E-state index in [1.165, 1.54) is 24.3 Å². The normalized spacial score (nSPS) is 11.2. The molecule has 0 bridgehead atoms. The summed E-state index contributed by atoms with van der Waals surface area (Å²) in [6.45, 7) is 2.13. The third kappa shape index (κ3) is 3.63. The van der Waals surface area contributed by atoms with Gasteiger partial charge >= 0.3 is 5.63 Å². The predicted molar refractivity (Wildman–Crippen MR) is 100 cm³/mol. The van der Waals surface area contributed by atoms with Crippen LogP contribution in [0.3, 0.4) is 0 Å². The molecule has 0 saturated carbocycles. The number of carbonyl (C=O) groups excluding carboxylic acids is 1. The molecule has 1 N–H and O–H groups in total. The van der Waals surface area contributed by atoms with Gasteiger partial charge in [0.25, 0.3) is 0 Å². The molecule has 5 nitrogen and oxygen atoms in total. The Bertz CT molecular complexity index is 1070. The van der Waals surface area contributed by atoms with Crippen LogP contribution in [0.15, 0.2) is 57.8 Å².